The minimum Gasteiger partial charge on any atom is -0.312 e. The number of anilines is 2. The van der Waals surface area contributed by atoms with Gasteiger partial charge >= 0.3 is 0 Å². The second-order valence-corrected chi connectivity index (χ2v) is 8.87. The third-order valence-electron chi connectivity index (χ3n) is 5.93. The molecule has 3 aromatic rings. The van der Waals surface area contributed by atoms with Gasteiger partial charge in [0.15, 0.2) is 5.13 Å². The predicted octanol–water partition coefficient (Wildman–Crippen LogP) is 4.16. The molecule has 32 heavy (non-hydrogen) atoms. The number of thiazole rings is 1. The minimum atomic E-state index is -0.462. The van der Waals surface area contributed by atoms with Crippen LogP contribution in [0, 0.1) is 11.7 Å². The topological polar surface area (TPSA) is 56.8 Å². The van der Waals surface area contributed by atoms with Gasteiger partial charge in [0, 0.05) is 31.7 Å². The van der Waals surface area contributed by atoms with E-state index in [0.29, 0.717) is 17.4 Å². The Bertz CT molecular complexity index is 1060. The summed E-state index contributed by atoms with van der Waals surface area (Å²) in [6.07, 6.45) is 0.142. The molecule has 6 nitrogen and oxygen atoms in total. The van der Waals surface area contributed by atoms with Crippen LogP contribution >= 0.6 is 11.3 Å². The van der Waals surface area contributed by atoms with Gasteiger partial charge in [-0.05, 0) is 49.5 Å². The second-order valence-electron chi connectivity index (χ2n) is 7.86. The summed E-state index contributed by atoms with van der Waals surface area (Å²) in [5.41, 5.74) is 1.48. The largest absolute Gasteiger partial charge is 0.312 e. The molecule has 1 unspecified atom stereocenters. The van der Waals surface area contributed by atoms with Gasteiger partial charge in [0.2, 0.25) is 11.8 Å². The first-order chi connectivity index (χ1) is 15.5. The van der Waals surface area contributed by atoms with E-state index in [1.54, 1.807) is 21.9 Å². The van der Waals surface area contributed by atoms with Crippen LogP contribution in [0.25, 0.3) is 10.2 Å². The Kier molecular flexibility index (Phi) is 6.81. The summed E-state index contributed by atoms with van der Waals surface area (Å²) in [7, 11) is 0. The Hall–Kier alpha value is -2.84. The lowest BCUT2D eigenvalue weighted by Crippen LogP contribution is -2.42. The number of para-hydroxylation sites is 1. The third-order valence-corrected chi connectivity index (χ3v) is 6.99. The number of likely N-dealkylation sites (N-methyl/N-ethyl adjacent to an activating group) is 1. The van der Waals surface area contributed by atoms with Crippen LogP contribution in [0.1, 0.15) is 20.3 Å². The molecular formula is C24H27FN4O2S. The van der Waals surface area contributed by atoms with Crippen molar-refractivity contribution in [1.82, 2.24) is 9.88 Å². The van der Waals surface area contributed by atoms with E-state index in [1.165, 1.54) is 23.5 Å². The van der Waals surface area contributed by atoms with Crippen molar-refractivity contribution in [2.45, 2.75) is 20.3 Å². The zero-order valence-electron chi connectivity index (χ0n) is 18.3. The average molecular weight is 455 g/mol. The standard InChI is InChI=1S/C24H27FN4O2S/c1-3-27(4-2)13-14-28(24-26-20-7-5-6-8-21(20)32-24)23(31)17-15-22(30)29(16-17)19-11-9-18(25)10-12-19/h5-12,17H,3-4,13-16H2,1-2H3. The van der Waals surface area contributed by atoms with Gasteiger partial charge in [-0.3, -0.25) is 14.5 Å². The van der Waals surface area contributed by atoms with Gasteiger partial charge < -0.3 is 9.80 Å². The molecule has 2 amide bonds. The molecule has 1 aromatic heterocycles. The molecule has 0 aliphatic carbocycles. The van der Waals surface area contributed by atoms with Gasteiger partial charge in [0.25, 0.3) is 0 Å². The van der Waals surface area contributed by atoms with Crippen LogP contribution in [0.3, 0.4) is 0 Å². The fourth-order valence-electron chi connectivity index (χ4n) is 4.02. The van der Waals surface area contributed by atoms with Gasteiger partial charge in [-0.25, -0.2) is 9.37 Å². The summed E-state index contributed by atoms with van der Waals surface area (Å²) < 4.78 is 14.3. The number of halogens is 1. The van der Waals surface area contributed by atoms with Crippen LogP contribution in [0.4, 0.5) is 15.2 Å². The highest BCUT2D eigenvalue weighted by Gasteiger charge is 2.38. The lowest BCUT2D eigenvalue weighted by atomic mass is 10.1. The molecule has 2 heterocycles. The van der Waals surface area contributed by atoms with Gasteiger partial charge in [-0.2, -0.15) is 0 Å². The van der Waals surface area contributed by atoms with E-state index in [0.717, 1.165) is 29.9 Å². The molecule has 0 bridgehead atoms. The molecule has 0 radical (unpaired) electrons. The van der Waals surface area contributed by atoms with Crippen molar-refractivity contribution in [3.05, 3.63) is 54.3 Å². The summed E-state index contributed by atoms with van der Waals surface area (Å²) in [5, 5.41) is 0.663. The maximum absolute atomic E-state index is 13.6. The maximum Gasteiger partial charge on any atom is 0.234 e. The number of hydrogen-bond acceptors (Lipinski definition) is 5. The summed E-state index contributed by atoms with van der Waals surface area (Å²) in [5.74, 6) is -1.03. The van der Waals surface area contributed by atoms with Crippen molar-refractivity contribution in [3.63, 3.8) is 0 Å². The Morgan fingerprint density at radius 2 is 1.84 bits per heavy atom. The van der Waals surface area contributed by atoms with E-state index in [9.17, 15) is 14.0 Å². The SMILES string of the molecule is CCN(CC)CCN(C(=O)C1CC(=O)N(c2ccc(F)cc2)C1)c1nc2ccccc2s1. The monoisotopic (exact) mass is 454 g/mol. The third kappa shape index (κ3) is 4.66. The Balaban J connectivity index is 1.57. The van der Waals surface area contributed by atoms with Crippen LogP contribution in [0.15, 0.2) is 48.5 Å². The molecule has 1 aliphatic rings. The van der Waals surface area contributed by atoms with Crippen LogP contribution in [0.5, 0.6) is 0 Å². The summed E-state index contributed by atoms with van der Waals surface area (Å²) in [4.78, 5) is 36.6. The van der Waals surface area contributed by atoms with E-state index in [1.807, 2.05) is 24.3 Å². The summed E-state index contributed by atoms with van der Waals surface area (Å²) >= 11 is 1.49. The molecule has 2 aromatic carbocycles. The van der Waals surface area contributed by atoms with E-state index >= 15 is 0 Å². The number of amides is 2. The van der Waals surface area contributed by atoms with Crippen molar-refractivity contribution in [3.8, 4) is 0 Å². The lowest BCUT2D eigenvalue weighted by Gasteiger charge is -2.26. The average Bonchev–Trinajstić information content (AvgIpc) is 3.40. The number of carbonyl (C=O) groups is 2. The fraction of sp³-hybridized carbons (Fsp3) is 0.375. The van der Waals surface area contributed by atoms with E-state index in [2.05, 4.69) is 18.7 Å². The maximum atomic E-state index is 13.6. The van der Waals surface area contributed by atoms with E-state index in [-0.39, 0.29) is 30.6 Å². The number of carbonyl (C=O) groups excluding carboxylic acids is 2. The Morgan fingerprint density at radius 1 is 1.12 bits per heavy atom. The van der Waals surface area contributed by atoms with Crippen molar-refractivity contribution in [2.24, 2.45) is 5.92 Å². The number of hydrogen-bond donors (Lipinski definition) is 0. The first-order valence-electron chi connectivity index (χ1n) is 10.9. The normalized spacial score (nSPS) is 16.3. The molecule has 1 atom stereocenters. The molecule has 8 heteroatoms. The van der Waals surface area contributed by atoms with Crippen molar-refractivity contribution < 1.29 is 14.0 Å². The highest BCUT2D eigenvalue weighted by molar-refractivity contribution is 7.22. The van der Waals surface area contributed by atoms with Crippen LogP contribution < -0.4 is 9.80 Å². The second kappa shape index (κ2) is 9.75. The van der Waals surface area contributed by atoms with Gasteiger partial charge in [0.05, 0.1) is 16.1 Å². The smallest absolute Gasteiger partial charge is 0.234 e. The van der Waals surface area contributed by atoms with E-state index < -0.39 is 5.92 Å². The molecule has 0 spiro atoms. The summed E-state index contributed by atoms with van der Waals surface area (Å²) in [6.45, 7) is 7.54. The van der Waals surface area contributed by atoms with Gasteiger partial charge in [0.1, 0.15) is 5.82 Å². The lowest BCUT2D eigenvalue weighted by molar-refractivity contribution is -0.124. The predicted molar refractivity (Wildman–Crippen MR) is 127 cm³/mol. The Labute approximate surface area is 191 Å². The van der Waals surface area contributed by atoms with Crippen molar-refractivity contribution in [2.75, 3.05) is 42.5 Å². The Morgan fingerprint density at radius 3 is 2.53 bits per heavy atom. The zero-order valence-corrected chi connectivity index (χ0v) is 19.1. The number of benzene rings is 2. The number of rotatable bonds is 8. The molecule has 1 saturated heterocycles. The first-order valence-corrected chi connectivity index (χ1v) is 11.8. The minimum absolute atomic E-state index is 0.0887. The molecule has 4 rings (SSSR count). The molecular weight excluding hydrogens is 427 g/mol. The first kappa shape index (κ1) is 22.4. The van der Waals surface area contributed by atoms with E-state index in [4.69, 9.17) is 4.98 Å². The molecule has 168 valence electrons. The molecule has 1 aliphatic heterocycles. The van der Waals surface area contributed by atoms with Crippen LogP contribution in [0.2, 0.25) is 0 Å². The number of nitrogens with zero attached hydrogens (tertiary/aromatic N) is 4. The highest BCUT2D eigenvalue weighted by Crippen LogP contribution is 2.32. The van der Waals surface area contributed by atoms with Gasteiger partial charge in [-0.15, -0.1) is 0 Å². The number of aromatic nitrogens is 1. The van der Waals surface area contributed by atoms with Crippen LogP contribution in [-0.4, -0.2) is 54.4 Å². The summed E-state index contributed by atoms with van der Waals surface area (Å²) in [6, 6.07) is 13.6. The van der Waals surface area contributed by atoms with Crippen LogP contribution in [-0.2, 0) is 9.59 Å². The number of fused-ring (bicyclic) bond motifs is 1. The van der Waals surface area contributed by atoms with Gasteiger partial charge in [-0.1, -0.05) is 37.3 Å². The fourth-order valence-corrected chi connectivity index (χ4v) is 5.02. The molecule has 0 saturated carbocycles. The quantitative estimate of drug-likeness (QED) is 0.513. The molecule has 0 N–H and O–H groups in total. The highest BCUT2D eigenvalue weighted by atomic mass is 32.1. The van der Waals surface area contributed by atoms with Crippen molar-refractivity contribution >= 4 is 44.2 Å². The zero-order chi connectivity index (χ0) is 22.7. The molecule has 1 fully saturated rings. The van der Waals surface area contributed by atoms with Crippen molar-refractivity contribution in [1.29, 1.82) is 0 Å².